The number of rotatable bonds is 2. The molecule has 2 aliphatic rings. The fraction of sp³-hybridized carbons (Fsp3) is 0.769. The number of hydrogen-bond donors (Lipinski definition) is 0. The van der Waals surface area contributed by atoms with Crippen molar-refractivity contribution in [2.24, 2.45) is 11.3 Å². The monoisotopic (exact) mass is 223 g/mol. The summed E-state index contributed by atoms with van der Waals surface area (Å²) >= 11 is 0. The number of nitrogens with zero attached hydrogens (tertiary/aromatic N) is 1. The second kappa shape index (κ2) is 4.68. The van der Waals surface area contributed by atoms with Crippen molar-refractivity contribution in [2.45, 2.75) is 26.3 Å². The van der Waals surface area contributed by atoms with Crippen LogP contribution < -0.4 is 0 Å². The van der Waals surface area contributed by atoms with Crippen LogP contribution in [-0.2, 0) is 9.53 Å². The zero-order chi connectivity index (χ0) is 11.6. The average molecular weight is 223 g/mol. The lowest BCUT2D eigenvalue weighted by Gasteiger charge is -2.42. The van der Waals surface area contributed by atoms with Crippen molar-refractivity contribution < 1.29 is 9.53 Å². The molecule has 0 saturated carbocycles. The van der Waals surface area contributed by atoms with E-state index in [0.29, 0.717) is 6.04 Å². The van der Waals surface area contributed by atoms with Crippen LogP contribution in [0, 0.1) is 11.3 Å². The molecule has 0 N–H and O–H groups in total. The summed E-state index contributed by atoms with van der Waals surface area (Å²) in [5.41, 5.74) is 0.211. The van der Waals surface area contributed by atoms with Gasteiger partial charge in [0.15, 0.2) is 0 Å². The molecule has 0 aromatic heterocycles. The Morgan fingerprint density at radius 3 is 2.69 bits per heavy atom. The predicted molar refractivity (Wildman–Crippen MR) is 63.3 cm³/mol. The molecule has 2 unspecified atom stereocenters. The van der Waals surface area contributed by atoms with Crippen molar-refractivity contribution >= 4 is 6.29 Å². The van der Waals surface area contributed by atoms with E-state index in [0.717, 1.165) is 39.0 Å². The van der Waals surface area contributed by atoms with Gasteiger partial charge in [0.2, 0.25) is 0 Å². The van der Waals surface area contributed by atoms with Gasteiger partial charge in [-0.3, -0.25) is 4.90 Å². The molecule has 2 atom stereocenters. The minimum absolute atomic E-state index is 0.0612. The summed E-state index contributed by atoms with van der Waals surface area (Å²) in [5.74, 6) is 0.0612. The fourth-order valence-electron chi connectivity index (χ4n) is 2.66. The molecule has 0 aromatic rings. The van der Waals surface area contributed by atoms with Crippen molar-refractivity contribution in [3.63, 3.8) is 0 Å². The van der Waals surface area contributed by atoms with Crippen LogP contribution in [0.15, 0.2) is 12.2 Å². The van der Waals surface area contributed by atoms with E-state index >= 15 is 0 Å². The van der Waals surface area contributed by atoms with Gasteiger partial charge in [0, 0.05) is 25.0 Å². The Balaban J connectivity index is 2.10. The maximum absolute atomic E-state index is 11.1. The van der Waals surface area contributed by atoms with Gasteiger partial charge in [0.1, 0.15) is 6.29 Å². The molecule has 0 spiro atoms. The standard InChI is InChI=1S/C13H21NO2/c1-13(2)4-3-11(10-15)12(9-13)14-5-7-16-8-6-14/h3-4,10-12H,5-9H2,1-2H3. The Labute approximate surface area is 97.5 Å². The van der Waals surface area contributed by atoms with Crippen LogP contribution in [0.5, 0.6) is 0 Å². The van der Waals surface area contributed by atoms with Crippen LogP contribution in [0.3, 0.4) is 0 Å². The summed E-state index contributed by atoms with van der Waals surface area (Å²) in [4.78, 5) is 13.5. The molecule has 0 radical (unpaired) electrons. The van der Waals surface area contributed by atoms with E-state index in [2.05, 4.69) is 30.9 Å². The van der Waals surface area contributed by atoms with Crippen molar-refractivity contribution in [2.75, 3.05) is 26.3 Å². The Morgan fingerprint density at radius 2 is 2.06 bits per heavy atom. The molecular formula is C13H21NO2. The molecule has 1 saturated heterocycles. The van der Waals surface area contributed by atoms with Crippen LogP contribution in [0.4, 0.5) is 0 Å². The SMILES string of the molecule is CC1(C)C=CC(C=O)C(N2CCOCC2)C1. The van der Waals surface area contributed by atoms with Gasteiger partial charge in [-0.05, 0) is 11.8 Å². The summed E-state index contributed by atoms with van der Waals surface area (Å²) in [5, 5.41) is 0. The molecule has 16 heavy (non-hydrogen) atoms. The summed E-state index contributed by atoms with van der Waals surface area (Å²) < 4.78 is 5.36. The number of aldehydes is 1. The molecule has 3 heteroatoms. The van der Waals surface area contributed by atoms with E-state index in [1.165, 1.54) is 0 Å². The summed E-state index contributed by atoms with van der Waals surface area (Å²) in [6, 6.07) is 0.362. The quantitative estimate of drug-likeness (QED) is 0.525. The van der Waals surface area contributed by atoms with Crippen molar-refractivity contribution in [3.05, 3.63) is 12.2 Å². The summed E-state index contributed by atoms with van der Waals surface area (Å²) in [7, 11) is 0. The Hall–Kier alpha value is -0.670. The van der Waals surface area contributed by atoms with Crippen LogP contribution in [0.1, 0.15) is 20.3 Å². The predicted octanol–water partition coefficient (Wildman–Crippen LogP) is 1.49. The molecule has 1 heterocycles. The van der Waals surface area contributed by atoms with E-state index in [4.69, 9.17) is 4.74 Å². The number of carbonyl (C=O) groups is 1. The number of hydrogen-bond acceptors (Lipinski definition) is 3. The lowest BCUT2D eigenvalue weighted by atomic mass is 9.75. The molecule has 1 aliphatic carbocycles. The third-order valence-electron chi connectivity index (χ3n) is 3.62. The lowest BCUT2D eigenvalue weighted by molar-refractivity contribution is -0.113. The maximum Gasteiger partial charge on any atom is 0.128 e. The topological polar surface area (TPSA) is 29.5 Å². The Kier molecular flexibility index (Phi) is 3.45. The van der Waals surface area contributed by atoms with Gasteiger partial charge < -0.3 is 9.53 Å². The van der Waals surface area contributed by atoms with Crippen molar-refractivity contribution in [1.82, 2.24) is 4.90 Å². The van der Waals surface area contributed by atoms with E-state index in [-0.39, 0.29) is 11.3 Å². The van der Waals surface area contributed by atoms with Gasteiger partial charge in [-0.1, -0.05) is 26.0 Å². The minimum Gasteiger partial charge on any atom is -0.379 e. The number of ether oxygens (including phenoxy) is 1. The van der Waals surface area contributed by atoms with E-state index in [9.17, 15) is 4.79 Å². The fourth-order valence-corrected chi connectivity index (χ4v) is 2.66. The molecule has 1 fully saturated rings. The third kappa shape index (κ3) is 2.53. The lowest BCUT2D eigenvalue weighted by Crippen LogP contribution is -2.49. The van der Waals surface area contributed by atoms with Gasteiger partial charge >= 0.3 is 0 Å². The second-order valence-electron chi connectivity index (χ2n) is 5.48. The van der Waals surface area contributed by atoms with Crippen LogP contribution in [0.25, 0.3) is 0 Å². The second-order valence-corrected chi connectivity index (χ2v) is 5.48. The highest BCUT2D eigenvalue weighted by Gasteiger charge is 2.34. The molecule has 1 aliphatic heterocycles. The molecule has 0 amide bonds. The molecule has 90 valence electrons. The summed E-state index contributed by atoms with van der Waals surface area (Å²) in [6.45, 7) is 7.98. The first-order chi connectivity index (χ1) is 7.62. The molecule has 0 aromatic carbocycles. The highest BCUT2D eigenvalue weighted by Crippen LogP contribution is 2.34. The smallest absolute Gasteiger partial charge is 0.128 e. The minimum atomic E-state index is 0.0612. The van der Waals surface area contributed by atoms with Gasteiger partial charge in [0.05, 0.1) is 13.2 Å². The first-order valence-electron chi connectivity index (χ1n) is 6.09. The van der Waals surface area contributed by atoms with Gasteiger partial charge in [0.25, 0.3) is 0 Å². The van der Waals surface area contributed by atoms with Crippen molar-refractivity contribution in [3.8, 4) is 0 Å². The number of morpholine rings is 1. The number of allylic oxidation sites excluding steroid dienone is 1. The first-order valence-corrected chi connectivity index (χ1v) is 6.09. The molecule has 0 bridgehead atoms. The molecular weight excluding hydrogens is 202 g/mol. The highest BCUT2D eigenvalue weighted by atomic mass is 16.5. The van der Waals surface area contributed by atoms with Gasteiger partial charge in [-0.25, -0.2) is 0 Å². The molecule has 2 rings (SSSR count). The van der Waals surface area contributed by atoms with Gasteiger partial charge in [-0.2, -0.15) is 0 Å². The third-order valence-corrected chi connectivity index (χ3v) is 3.62. The maximum atomic E-state index is 11.1. The highest BCUT2D eigenvalue weighted by molar-refractivity contribution is 5.58. The Bertz CT molecular complexity index is 280. The molecule has 3 nitrogen and oxygen atoms in total. The zero-order valence-electron chi connectivity index (χ0n) is 10.2. The van der Waals surface area contributed by atoms with E-state index in [1.54, 1.807) is 0 Å². The normalized spacial score (nSPS) is 34.9. The van der Waals surface area contributed by atoms with E-state index in [1.807, 2.05) is 0 Å². The van der Waals surface area contributed by atoms with Crippen LogP contribution >= 0.6 is 0 Å². The van der Waals surface area contributed by atoms with Crippen LogP contribution in [0.2, 0.25) is 0 Å². The van der Waals surface area contributed by atoms with E-state index < -0.39 is 0 Å². The zero-order valence-corrected chi connectivity index (χ0v) is 10.2. The van der Waals surface area contributed by atoms with Crippen LogP contribution in [-0.4, -0.2) is 43.5 Å². The first kappa shape index (κ1) is 11.8. The average Bonchev–Trinajstić information content (AvgIpc) is 2.29. The number of carbonyl (C=O) groups excluding carboxylic acids is 1. The van der Waals surface area contributed by atoms with Crippen molar-refractivity contribution in [1.29, 1.82) is 0 Å². The van der Waals surface area contributed by atoms with Gasteiger partial charge in [-0.15, -0.1) is 0 Å². The largest absolute Gasteiger partial charge is 0.379 e. The summed E-state index contributed by atoms with van der Waals surface area (Å²) in [6.07, 6.45) is 6.42. The Morgan fingerprint density at radius 1 is 1.38 bits per heavy atom.